The third-order valence-electron chi connectivity index (χ3n) is 3.54. The maximum atomic E-state index is 12.7. The SMILES string of the molecule is O=S(=O)(c1ccccc1NC1CCC(O)CC1)C(F)(F)F. The number of hydrogen-bond acceptors (Lipinski definition) is 4. The van der Waals surface area contributed by atoms with E-state index in [9.17, 15) is 26.7 Å². The lowest BCUT2D eigenvalue weighted by Gasteiger charge is -2.27. The maximum Gasteiger partial charge on any atom is 0.501 e. The summed E-state index contributed by atoms with van der Waals surface area (Å²) < 4.78 is 61.2. The largest absolute Gasteiger partial charge is 0.501 e. The van der Waals surface area contributed by atoms with E-state index in [1.54, 1.807) is 0 Å². The van der Waals surface area contributed by atoms with Crippen molar-refractivity contribution in [3.63, 3.8) is 0 Å². The molecular formula is C13H16F3NO3S. The molecule has 1 fully saturated rings. The van der Waals surface area contributed by atoms with Crippen molar-refractivity contribution in [2.75, 3.05) is 5.32 Å². The van der Waals surface area contributed by atoms with E-state index in [0.29, 0.717) is 25.7 Å². The van der Waals surface area contributed by atoms with Crippen LogP contribution in [0.5, 0.6) is 0 Å². The van der Waals surface area contributed by atoms with E-state index in [-0.39, 0.29) is 11.7 Å². The van der Waals surface area contributed by atoms with Crippen LogP contribution in [0.4, 0.5) is 18.9 Å². The number of para-hydroxylation sites is 1. The third-order valence-corrected chi connectivity index (χ3v) is 5.08. The van der Waals surface area contributed by atoms with Gasteiger partial charge in [-0.15, -0.1) is 0 Å². The van der Waals surface area contributed by atoms with Crippen LogP contribution in [0.15, 0.2) is 29.2 Å². The van der Waals surface area contributed by atoms with Gasteiger partial charge in [-0.05, 0) is 37.8 Å². The summed E-state index contributed by atoms with van der Waals surface area (Å²) >= 11 is 0. The number of anilines is 1. The highest BCUT2D eigenvalue weighted by molar-refractivity contribution is 7.92. The first kappa shape index (κ1) is 16.1. The second-order valence-electron chi connectivity index (χ2n) is 5.10. The molecule has 0 saturated heterocycles. The molecule has 0 atom stereocenters. The predicted molar refractivity (Wildman–Crippen MR) is 71.6 cm³/mol. The lowest BCUT2D eigenvalue weighted by atomic mass is 9.93. The Balaban J connectivity index is 2.26. The second kappa shape index (κ2) is 5.84. The molecule has 1 aromatic rings. The van der Waals surface area contributed by atoms with Gasteiger partial charge in [0.1, 0.15) is 0 Å². The molecule has 0 heterocycles. The fourth-order valence-corrected chi connectivity index (χ4v) is 3.31. The Hall–Kier alpha value is -1.28. The quantitative estimate of drug-likeness (QED) is 0.897. The molecule has 1 aliphatic rings. The molecule has 0 amide bonds. The fourth-order valence-electron chi connectivity index (χ4n) is 2.38. The van der Waals surface area contributed by atoms with Crippen LogP contribution < -0.4 is 5.32 Å². The van der Waals surface area contributed by atoms with Crippen LogP contribution in [0.1, 0.15) is 25.7 Å². The standard InChI is InChI=1S/C13H16F3NO3S/c14-13(15,16)21(19,20)12-4-2-1-3-11(12)17-9-5-7-10(18)8-6-9/h1-4,9-10,17-18H,5-8H2. The maximum absolute atomic E-state index is 12.7. The van der Waals surface area contributed by atoms with Gasteiger partial charge >= 0.3 is 5.51 Å². The molecule has 2 N–H and O–H groups in total. The number of rotatable bonds is 3. The van der Waals surface area contributed by atoms with E-state index < -0.39 is 26.3 Å². The van der Waals surface area contributed by atoms with E-state index in [4.69, 9.17) is 0 Å². The molecule has 2 rings (SSSR count). The van der Waals surface area contributed by atoms with Crippen molar-refractivity contribution in [1.82, 2.24) is 0 Å². The van der Waals surface area contributed by atoms with Crippen molar-refractivity contribution in [2.45, 2.75) is 48.2 Å². The highest BCUT2D eigenvalue weighted by atomic mass is 32.2. The van der Waals surface area contributed by atoms with Crippen LogP contribution in [0.3, 0.4) is 0 Å². The second-order valence-corrected chi connectivity index (χ2v) is 7.00. The zero-order valence-electron chi connectivity index (χ0n) is 11.1. The molecule has 1 saturated carbocycles. The van der Waals surface area contributed by atoms with E-state index in [1.165, 1.54) is 18.2 Å². The minimum Gasteiger partial charge on any atom is -0.393 e. The number of sulfone groups is 1. The van der Waals surface area contributed by atoms with Gasteiger partial charge in [-0.25, -0.2) is 8.42 Å². The van der Waals surface area contributed by atoms with Crippen molar-refractivity contribution in [2.24, 2.45) is 0 Å². The van der Waals surface area contributed by atoms with E-state index in [2.05, 4.69) is 5.32 Å². The van der Waals surface area contributed by atoms with E-state index in [0.717, 1.165) is 6.07 Å². The van der Waals surface area contributed by atoms with Crippen LogP contribution in [-0.2, 0) is 9.84 Å². The number of alkyl halides is 3. The summed E-state index contributed by atoms with van der Waals surface area (Å²) in [7, 11) is -5.38. The van der Waals surface area contributed by atoms with Gasteiger partial charge in [-0.3, -0.25) is 0 Å². The van der Waals surface area contributed by atoms with E-state index in [1.807, 2.05) is 0 Å². The minimum atomic E-state index is -5.38. The van der Waals surface area contributed by atoms with Crippen molar-refractivity contribution in [1.29, 1.82) is 0 Å². The Kier molecular flexibility index (Phi) is 4.48. The molecule has 118 valence electrons. The smallest absolute Gasteiger partial charge is 0.393 e. The van der Waals surface area contributed by atoms with Crippen LogP contribution >= 0.6 is 0 Å². The van der Waals surface area contributed by atoms with E-state index >= 15 is 0 Å². The number of aliphatic hydroxyl groups is 1. The summed E-state index contributed by atoms with van der Waals surface area (Å²) in [4.78, 5) is -0.761. The molecular weight excluding hydrogens is 307 g/mol. The van der Waals surface area contributed by atoms with Crippen molar-refractivity contribution in [3.8, 4) is 0 Å². The molecule has 8 heteroatoms. The summed E-state index contributed by atoms with van der Waals surface area (Å²) in [6, 6.07) is 4.87. The topological polar surface area (TPSA) is 66.4 Å². The molecule has 1 aromatic carbocycles. The molecule has 4 nitrogen and oxygen atoms in total. The summed E-state index contributed by atoms with van der Waals surface area (Å²) in [6.07, 6.45) is 1.87. The predicted octanol–water partition coefficient (Wildman–Crippen LogP) is 2.70. The first-order valence-electron chi connectivity index (χ1n) is 6.57. The summed E-state index contributed by atoms with van der Waals surface area (Å²) in [5, 5.41) is 12.3. The van der Waals surface area contributed by atoms with Gasteiger partial charge in [-0.1, -0.05) is 12.1 Å². The number of benzene rings is 1. The zero-order valence-corrected chi connectivity index (χ0v) is 11.9. The molecule has 0 unspecified atom stereocenters. The van der Waals surface area contributed by atoms with Gasteiger partial charge in [0.25, 0.3) is 9.84 Å². The first-order valence-corrected chi connectivity index (χ1v) is 8.05. The summed E-state index contributed by atoms with van der Waals surface area (Å²) in [5.74, 6) is 0. The molecule has 0 radical (unpaired) electrons. The normalized spacial score (nSPS) is 23.8. The summed E-state index contributed by atoms with van der Waals surface area (Å²) in [6.45, 7) is 0. The van der Waals surface area contributed by atoms with Crippen LogP contribution in [0, 0.1) is 0 Å². The summed E-state index contributed by atoms with van der Waals surface area (Å²) in [5.41, 5.74) is -5.37. The van der Waals surface area contributed by atoms with Crippen LogP contribution in [0.25, 0.3) is 0 Å². The van der Waals surface area contributed by atoms with Crippen LogP contribution in [-0.4, -0.2) is 31.2 Å². The lowest BCUT2D eigenvalue weighted by molar-refractivity contribution is -0.0435. The highest BCUT2D eigenvalue weighted by Crippen LogP contribution is 2.35. The number of nitrogens with one attached hydrogen (secondary N) is 1. The molecule has 0 bridgehead atoms. The van der Waals surface area contributed by atoms with Gasteiger partial charge in [0.2, 0.25) is 0 Å². The Morgan fingerprint density at radius 3 is 2.24 bits per heavy atom. The average Bonchev–Trinajstić information content (AvgIpc) is 2.40. The van der Waals surface area contributed by atoms with Crippen molar-refractivity contribution in [3.05, 3.63) is 24.3 Å². The van der Waals surface area contributed by atoms with Crippen molar-refractivity contribution >= 4 is 15.5 Å². The lowest BCUT2D eigenvalue weighted by Crippen LogP contribution is -2.30. The Bertz CT molecular complexity index is 593. The highest BCUT2D eigenvalue weighted by Gasteiger charge is 2.48. The van der Waals surface area contributed by atoms with Crippen LogP contribution in [0.2, 0.25) is 0 Å². The molecule has 0 spiro atoms. The Morgan fingerprint density at radius 1 is 1.10 bits per heavy atom. The number of aliphatic hydroxyl groups excluding tert-OH is 1. The molecule has 0 aromatic heterocycles. The Labute approximate surface area is 120 Å². The van der Waals surface area contributed by atoms with Crippen molar-refractivity contribution < 1.29 is 26.7 Å². The fraction of sp³-hybridized carbons (Fsp3) is 0.538. The van der Waals surface area contributed by atoms with Gasteiger partial charge in [0.15, 0.2) is 0 Å². The molecule has 1 aliphatic carbocycles. The average molecular weight is 323 g/mol. The third kappa shape index (κ3) is 3.49. The van der Waals surface area contributed by atoms with Gasteiger partial charge in [0.05, 0.1) is 16.7 Å². The number of halogens is 3. The van der Waals surface area contributed by atoms with Gasteiger partial charge in [0, 0.05) is 6.04 Å². The minimum absolute atomic E-state index is 0.0452. The zero-order chi connectivity index (χ0) is 15.7. The number of hydrogen-bond donors (Lipinski definition) is 2. The Morgan fingerprint density at radius 2 is 1.67 bits per heavy atom. The monoisotopic (exact) mass is 323 g/mol. The molecule has 21 heavy (non-hydrogen) atoms. The van der Waals surface area contributed by atoms with Gasteiger partial charge in [-0.2, -0.15) is 13.2 Å². The van der Waals surface area contributed by atoms with Gasteiger partial charge < -0.3 is 10.4 Å². The first-order chi connectivity index (χ1) is 9.72. The molecule has 0 aliphatic heterocycles.